The normalized spacial score (nSPS) is 25.6. The van der Waals surface area contributed by atoms with Crippen LogP contribution >= 0.6 is 15.9 Å². The van der Waals surface area contributed by atoms with Crippen LogP contribution in [0.2, 0.25) is 36.3 Å². The van der Waals surface area contributed by atoms with Crippen molar-refractivity contribution in [1.29, 1.82) is 0 Å². The summed E-state index contributed by atoms with van der Waals surface area (Å²) in [6.45, 7) is 27.4. The van der Waals surface area contributed by atoms with Gasteiger partial charge in [-0.3, -0.25) is 0 Å². The molecule has 0 unspecified atom stereocenters. The van der Waals surface area contributed by atoms with Gasteiger partial charge in [-0.15, -0.1) is 0 Å². The maximum atomic E-state index is 6.73. The number of halogens is 1. The predicted octanol–water partition coefficient (Wildman–Crippen LogP) is 7.40. The van der Waals surface area contributed by atoms with Crippen molar-refractivity contribution in [3.05, 3.63) is 22.7 Å². The molecule has 0 aromatic rings. The molecule has 1 saturated carbocycles. The quantitative estimate of drug-likeness (QED) is 0.418. The Bertz CT molecular complexity index is 525. The zero-order chi connectivity index (χ0) is 19.8. The zero-order valence-corrected chi connectivity index (χ0v) is 21.6. The summed E-state index contributed by atoms with van der Waals surface area (Å²) in [4.78, 5) is 2.01. The highest BCUT2D eigenvalue weighted by Gasteiger charge is 2.44. The second kappa shape index (κ2) is 7.74. The first-order valence-corrected chi connectivity index (χ1v) is 16.1. The molecule has 2 nitrogen and oxygen atoms in total. The van der Waals surface area contributed by atoms with Gasteiger partial charge in [-0.2, -0.15) is 0 Å². The van der Waals surface area contributed by atoms with Crippen molar-refractivity contribution in [3.8, 4) is 0 Å². The molecule has 0 aliphatic heterocycles. The van der Waals surface area contributed by atoms with E-state index < -0.39 is 16.6 Å². The Morgan fingerprint density at radius 2 is 1.40 bits per heavy atom. The van der Waals surface area contributed by atoms with Crippen LogP contribution in [-0.2, 0) is 8.85 Å². The molecule has 0 radical (unpaired) electrons. The summed E-state index contributed by atoms with van der Waals surface area (Å²) in [5.74, 6) is 0. The van der Waals surface area contributed by atoms with Crippen molar-refractivity contribution in [2.45, 2.75) is 103 Å². The molecule has 0 aromatic heterocycles. The van der Waals surface area contributed by atoms with E-state index in [1.54, 1.807) is 0 Å². The minimum Gasteiger partial charge on any atom is -0.413 e. The average molecular weight is 448 g/mol. The fraction of sp³-hybridized carbons (Fsp3) is 0.800. The van der Waals surface area contributed by atoms with E-state index in [4.69, 9.17) is 8.85 Å². The number of rotatable bonds is 4. The molecular formula is C20H39BrO2Si2. The molecular weight excluding hydrogens is 408 g/mol. The van der Waals surface area contributed by atoms with Crippen LogP contribution in [0.3, 0.4) is 0 Å². The Hall–Kier alpha value is 0.314. The van der Waals surface area contributed by atoms with Gasteiger partial charge in [0.1, 0.15) is 0 Å². The van der Waals surface area contributed by atoms with Gasteiger partial charge in [-0.25, -0.2) is 0 Å². The smallest absolute Gasteiger partial charge is 0.192 e. The average Bonchev–Trinajstić information content (AvgIpc) is 2.38. The zero-order valence-electron chi connectivity index (χ0n) is 18.0. The van der Waals surface area contributed by atoms with Gasteiger partial charge < -0.3 is 8.85 Å². The minimum absolute atomic E-state index is 0.0632. The van der Waals surface area contributed by atoms with Crippen molar-refractivity contribution >= 4 is 32.6 Å². The van der Waals surface area contributed by atoms with Crippen molar-refractivity contribution < 1.29 is 8.85 Å². The van der Waals surface area contributed by atoms with E-state index in [1.165, 1.54) is 5.57 Å². The molecule has 0 amide bonds. The second-order valence-corrected chi connectivity index (χ2v) is 20.4. The molecule has 146 valence electrons. The summed E-state index contributed by atoms with van der Waals surface area (Å²) in [5, 5.41) is 0.411. The molecule has 0 spiro atoms. The molecule has 0 aromatic carbocycles. The minimum atomic E-state index is -1.85. The summed E-state index contributed by atoms with van der Waals surface area (Å²) in [7, 11) is -3.65. The van der Waals surface area contributed by atoms with E-state index in [2.05, 4.69) is 90.2 Å². The lowest BCUT2D eigenvalue weighted by Crippen LogP contribution is -2.49. The molecule has 0 saturated heterocycles. The van der Waals surface area contributed by atoms with Gasteiger partial charge in [0.05, 0.1) is 12.2 Å². The Morgan fingerprint density at radius 1 is 0.960 bits per heavy atom. The van der Waals surface area contributed by atoms with Gasteiger partial charge in [0.2, 0.25) is 0 Å². The van der Waals surface area contributed by atoms with E-state index >= 15 is 0 Å². The molecule has 0 heterocycles. The first kappa shape index (κ1) is 23.4. The van der Waals surface area contributed by atoms with E-state index in [1.807, 2.05) is 4.99 Å². The van der Waals surface area contributed by atoms with Crippen LogP contribution in [0.1, 0.15) is 54.4 Å². The van der Waals surface area contributed by atoms with Crippen LogP contribution in [-0.4, -0.2) is 28.8 Å². The third-order valence-corrected chi connectivity index (χ3v) is 15.9. The van der Waals surface area contributed by atoms with E-state index in [9.17, 15) is 0 Å². The lowest BCUT2D eigenvalue weighted by molar-refractivity contribution is 0.0971. The monoisotopic (exact) mass is 446 g/mol. The predicted molar refractivity (Wildman–Crippen MR) is 120 cm³/mol. The van der Waals surface area contributed by atoms with Crippen molar-refractivity contribution in [2.24, 2.45) is 0 Å². The molecule has 1 aliphatic rings. The summed E-state index contributed by atoms with van der Waals surface area (Å²) >= 11 is 3.53. The van der Waals surface area contributed by atoms with Gasteiger partial charge in [-0.1, -0.05) is 64.1 Å². The lowest BCUT2D eigenvalue weighted by Gasteiger charge is -2.45. The molecule has 2 atom stereocenters. The van der Waals surface area contributed by atoms with E-state index in [0.29, 0.717) is 0 Å². The highest BCUT2D eigenvalue weighted by atomic mass is 79.9. The SMILES string of the molecule is C=C1/C(=C\Br)C[C@@H](O[Si](C)(C)C(C)(C)C)C[C@@H]1O[Si](C)(C)C(C)(C)C. The number of hydrogen-bond donors (Lipinski definition) is 0. The van der Waals surface area contributed by atoms with Gasteiger partial charge >= 0.3 is 0 Å². The number of hydrogen-bond acceptors (Lipinski definition) is 2. The first-order valence-electron chi connectivity index (χ1n) is 9.36. The third kappa shape index (κ3) is 5.64. The summed E-state index contributed by atoms with van der Waals surface area (Å²) in [5.41, 5.74) is 2.36. The third-order valence-electron chi connectivity index (χ3n) is 6.37. The van der Waals surface area contributed by atoms with Crippen LogP contribution < -0.4 is 0 Å². The van der Waals surface area contributed by atoms with Crippen LogP contribution in [0.4, 0.5) is 0 Å². The van der Waals surface area contributed by atoms with Crippen molar-refractivity contribution in [3.63, 3.8) is 0 Å². The highest BCUT2D eigenvalue weighted by Crippen LogP contribution is 2.44. The van der Waals surface area contributed by atoms with Crippen LogP contribution in [0, 0.1) is 0 Å². The Balaban J connectivity index is 3.02. The van der Waals surface area contributed by atoms with Gasteiger partial charge in [0.25, 0.3) is 0 Å². The molecule has 1 fully saturated rings. The second-order valence-electron chi connectivity index (χ2n) is 10.5. The Labute approximate surface area is 166 Å². The molecule has 1 rings (SSSR count). The van der Waals surface area contributed by atoms with Gasteiger partial charge in [-0.05, 0) is 58.8 Å². The van der Waals surface area contributed by atoms with Crippen molar-refractivity contribution in [2.75, 3.05) is 0 Å². The Kier molecular flexibility index (Phi) is 7.23. The molecule has 0 bridgehead atoms. The maximum absolute atomic E-state index is 6.73. The molecule has 0 N–H and O–H groups in total. The molecule has 1 aliphatic carbocycles. The van der Waals surface area contributed by atoms with E-state index in [-0.39, 0.29) is 22.3 Å². The maximum Gasteiger partial charge on any atom is 0.192 e. The van der Waals surface area contributed by atoms with Gasteiger partial charge in [0, 0.05) is 6.42 Å². The van der Waals surface area contributed by atoms with Crippen molar-refractivity contribution in [1.82, 2.24) is 0 Å². The van der Waals surface area contributed by atoms with Crippen LogP contribution in [0.5, 0.6) is 0 Å². The summed E-state index contributed by atoms with van der Waals surface area (Å²) < 4.78 is 13.5. The largest absolute Gasteiger partial charge is 0.413 e. The molecule has 5 heteroatoms. The standard InChI is InChI=1S/C20H39BrO2Si2/c1-15-16(14-21)12-17(22-24(8,9)19(2,3)4)13-18(15)23-25(10,11)20(5,6)7/h14,17-18H,1,12-13H2,2-11H3/b16-14-/t17-,18+/m1/s1. The van der Waals surface area contributed by atoms with Gasteiger partial charge in [0.15, 0.2) is 16.6 Å². The van der Waals surface area contributed by atoms with E-state index in [0.717, 1.165) is 18.4 Å². The fourth-order valence-corrected chi connectivity index (χ4v) is 5.65. The lowest BCUT2D eigenvalue weighted by atomic mass is 9.87. The Morgan fingerprint density at radius 3 is 1.80 bits per heavy atom. The highest BCUT2D eigenvalue weighted by molar-refractivity contribution is 9.11. The summed E-state index contributed by atoms with van der Waals surface area (Å²) in [6, 6.07) is 0. The first-order chi connectivity index (χ1) is 11.0. The fourth-order valence-electron chi connectivity index (χ4n) is 2.50. The van der Waals surface area contributed by atoms with Crippen LogP contribution in [0.15, 0.2) is 22.7 Å². The van der Waals surface area contributed by atoms with Crippen LogP contribution in [0.25, 0.3) is 0 Å². The molecule has 25 heavy (non-hydrogen) atoms. The summed E-state index contributed by atoms with van der Waals surface area (Å²) in [6.07, 6.45) is 2.12. The topological polar surface area (TPSA) is 18.5 Å².